The van der Waals surface area contributed by atoms with E-state index < -0.39 is 27.9 Å². The van der Waals surface area contributed by atoms with Crippen molar-refractivity contribution in [3.05, 3.63) is 0 Å². The van der Waals surface area contributed by atoms with Gasteiger partial charge in [0.1, 0.15) is 0 Å². The van der Waals surface area contributed by atoms with Crippen molar-refractivity contribution in [2.45, 2.75) is 52.2 Å². The highest BCUT2D eigenvalue weighted by molar-refractivity contribution is 7.86. The van der Waals surface area contributed by atoms with E-state index in [1.54, 1.807) is 0 Å². The van der Waals surface area contributed by atoms with Crippen molar-refractivity contribution in [1.29, 1.82) is 0 Å². The Balaban J connectivity index is 3.02. The molecule has 0 aromatic heterocycles. The maximum atomic E-state index is 11.4. The van der Waals surface area contributed by atoms with Crippen molar-refractivity contribution in [2.75, 3.05) is 12.8 Å². The quantitative estimate of drug-likeness (QED) is 0.786. The predicted octanol–water partition coefficient (Wildman–Crippen LogP) is 1.91. The Morgan fingerprint density at radius 1 is 1.42 bits per heavy atom. The van der Waals surface area contributed by atoms with E-state index in [1.165, 1.54) is 4.90 Å². The van der Waals surface area contributed by atoms with Crippen molar-refractivity contribution < 1.29 is 22.5 Å². The minimum atomic E-state index is -3.52. The molecular formula is C12H23NO5S. The van der Waals surface area contributed by atoms with E-state index in [-0.39, 0.29) is 12.0 Å². The second-order valence-electron chi connectivity index (χ2n) is 6.37. The Morgan fingerprint density at radius 2 is 1.95 bits per heavy atom. The fourth-order valence-corrected chi connectivity index (χ4v) is 3.18. The lowest BCUT2D eigenvalue weighted by atomic mass is 9.68. The van der Waals surface area contributed by atoms with Crippen molar-refractivity contribution in [3.63, 3.8) is 0 Å². The van der Waals surface area contributed by atoms with E-state index in [4.69, 9.17) is 4.18 Å². The molecule has 1 aliphatic rings. The number of carboxylic acid groups (broad SMARTS) is 1. The Morgan fingerprint density at radius 3 is 2.32 bits per heavy atom. The number of carbonyl (C=O) groups is 1. The molecule has 1 N–H and O–H groups in total. The zero-order chi connectivity index (χ0) is 15.1. The molecule has 0 aromatic carbocycles. The minimum Gasteiger partial charge on any atom is -0.465 e. The van der Waals surface area contributed by atoms with E-state index in [1.807, 2.05) is 27.7 Å². The summed E-state index contributed by atoms with van der Waals surface area (Å²) in [4.78, 5) is 12.8. The summed E-state index contributed by atoms with van der Waals surface area (Å²) < 4.78 is 27.5. The first-order valence-corrected chi connectivity index (χ1v) is 8.07. The van der Waals surface area contributed by atoms with Gasteiger partial charge < -0.3 is 10.0 Å². The van der Waals surface area contributed by atoms with E-state index >= 15 is 0 Å². The van der Waals surface area contributed by atoms with E-state index in [9.17, 15) is 18.3 Å². The van der Waals surface area contributed by atoms with Crippen molar-refractivity contribution >= 4 is 16.2 Å². The molecule has 0 radical (unpaired) electrons. The van der Waals surface area contributed by atoms with Gasteiger partial charge in [0.2, 0.25) is 0 Å². The summed E-state index contributed by atoms with van der Waals surface area (Å²) in [5.41, 5.74) is -0.975. The van der Waals surface area contributed by atoms with Gasteiger partial charge in [-0.25, -0.2) is 4.79 Å². The molecule has 0 aliphatic carbocycles. The summed E-state index contributed by atoms with van der Waals surface area (Å²) in [7, 11) is -3.52. The van der Waals surface area contributed by atoms with Crippen LogP contribution in [0.3, 0.4) is 0 Å². The lowest BCUT2D eigenvalue weighted by molar-refractivity contribution is -0.0475. The highest BCUT2D eigenvalue weighted by Crippen LogP contribution is 2.43. The number of likely N-dealkylation sites (tertiary alicyclic amines) is 1. The van der Waals surface area contributed by atoms with Gasteiger partial charge in [-0.05, 0) is 25.2 Å². The number of nitrogens with zero attached hydrogens (tertiary/aromatic N) is 1. The van der Waals surface area contributed by atoms with Crippen LogP contribution in [0.1, 0.15) is 40.5 Å². The van der Waals surface area contributed by atoms with Gasteiger partial charge in [-0.3, -0.25) is 4.18 Å². The fourth-order valence-electron chi connectivity index (χ4n) is 2.52. The molecule has 0 aromatic rings. The summed E-state index contributed by atoms with van der Waals surface area (Å²) in [6, 6.07) is 0. The number of rotatable bonds is 2. The maximum Gasteiger partial charge on any atom is 0.407 e. The van der Waals surface area contributed by atoms with Gasteiger partial charge in [0.15, 0.2) is 0 Å². The van der Waals surface area contributed by atoms with Crippen LogP contribution in [0.5, 0.6) is 0 Å². The van der Waals surface area contributed by atoms with Gasteiger partial charge in [0.25, 0.3) is 10.1 Å². The molecular weight excluding hydrogens is 270 g/mol. The van der Waals surface area contributed by atoms with Crippen LogP contribution in [0.15, 0.2) is 0 Å². The van der Waals surface area contributed by atoms with Gasteiger partial charge in [0, 0.05) is 6.54 Å². The summed E-state index contributed by atoms with van der Waals surface area (Å²) in [6.45, 7) is 7.98. The molecule has 1 saturated heterocycles. The van der Waals surface area contributed by atoms with Gasteiger partial charge >= 0.3 is 6.09 Å². The van der Waals surface area contributed by atoms with E-state index in [0.717, 1.165) is 6.26 Å². The zero-order valence-corrected chi connectivity index (χ0v) is 13.0. The van der Waals surface area contributed by atoms with Crippen LogP contribution in [0.4, 0.5) is 4.79 Å². The first kappa shape index (κ1) is 16.2. The third-order valence-electron chi connectivity index (χ3n) is 4.05. The number of piperidine rings is 1. The Hall–Kier alpha value is -0.820. The molecule has 19 heavy (non-hydrogen) atoms. The molecule has 0 spiro atoms. The normalized spacial score (nSPS) is 29.3. The van der Waals surface area contributed by atoms with Gasteiger partial charge in [-0.1, -0.05) is 20.8 Å². The molecule has 1 rings (SSSR count). The van der Waals surface area contributed by atoms with E-state index in [2.05, 4.69) is 0 Å². The summed E-state index contributed by atoms with van der Waals surface area (Å²) >= 11 is 0. The average Bonchev–Trinajstić information content (AvgIpc) is 2.12. The molecule has 7 heteroatoms. The zero-order valence-electron chi connectivity index (χ0n) is 12.1. The number of hydrogen-bond donors (Lipinski definition) is 1. The topological polar surface area (TPSA) is 83.9 Å². The van der Waals surface area contributed by atoms with Crippen molar-refractivity contribution in [1.82, 2.24) is 4.90 Å². The highest BCUT2D eigenvalue weighted by Gasteiger charge is 2.49. The van der Waals surface area contributed by atoms with Crippen LogP contribution in [-0.2, 0) is 14.3 Å². The molecule has 2 atom stereocenters. The van der Waals surface area contributed by atoms with Gasteiger partial charge in [0.05, 0.1) is 17.9 Å². The van der Waals surface area contributed by atoms with Crippen LogP contribution in [0.25, 0.3) is 0 Å². The summed E-state index contributed by atoms with van der Waals surface area (Å²) in [6.07, 6.45) is 0.344. The monoisotopic (exact) mass is 293 g/mol. The Labute approximate surface area is 114 Å². The number of hydrogen-bond acceptors (Lipinski definition) is 4. The smallest absolute Gasteiger partial charge is 0.407 e. The lowest BCUT2D eigenvalue weighted by Gasteiger charge is -2.53. The van der Waals surface area contributed by atoms with Crippen LogP contribution in [0, 0.1) is 5.41 Å². The Bertz CT molecular complexity index is 453. The fraction of sp³-hybridized carbons (Fsp3) is 0.917. The third-order valence-corrected chi connectivity index (χ3v) is 4.67. The van der Waals surface area contributed by atoms with Crippen molar-refractivity contribution in [3.8, 4) is 0 Å². The third kappa shape index (κ3) is 3.60. The largest absolute Gasteiger partial charge is 0.465 e. The number of amides is 1. The molecule has 1 heterocycles. The van der Waals surface area contributed by atoms with Crippen molar-refractivity contribution in [2.24, 2.45) is 5.41 Å². The molecule has 1 aliphatic heterocycles. The van der Waals surface area contributed by atoms with Gasteiger partial charge in [-0.2, -0.15) is 8.42 Å². The first-order chi connectivity index (χ1) is 8.37. The molecule has 0 bridgehead atoms. The van der Waals surface area contributed by atoms with Crippen LogP contribution in [-0.4, -0.2) is 49.0 Å². The van der Waals surface area contributed by atoms with Crippen LogP contribution >= 0.6 is 0 Å². The minimum absolute atomic E-state index is 0.281. The maximum absolute atomic E-state index is 11.4. The second kappa shape index (κ2) is 4.94. The van der Waals surface area contributed by atoms with Crippen LogP contribution < -0.4 is 0 Å². The summed E-state index contributed by atoms with van der Waals surface area (Å²) in [5.74, 6) is 0. The second-order valence-corrected chi connectivity index (χ2v) is 7.97. The molecule has 112 valence electrons. The van der Waals surface area contributed by atoms with E-state index in [0.29, 0.717) is 12.8 Å². The van der Waals surface area contributed by atoms with Crippen LogP contribution in [0.2, 0.25) is 0 Å². The highest BCUT2D eigenvalue weighted by atomic mass is 32.2. The molecule has 1 fully saturated rings. The van der Waals surface area contributed by atoms with Gasteiger partial charge in [-0.15, -0.1) is 0 Å². The SMILES string of the molecule is CC(C)(C)C1(C)CC(OS(C)(=O)=O)CCN1C(=O)O. The lowest BCUT2D eigenvalue weighted by Crippen LogP contribution is -2.62. The molecule has 2 unspecified atom stereocenters. The summed E-state index contributed by atoms with van der Waals surface area (Å²) in [5, 5.41) is 9.32. The molecule has 0 saturated carbocycles. The Kier molecular flexibility index (Phi) is 4.22. The first-order valence-electron chi connectivity index (χ1n) is 6.26. The molecule has 6 nitrogen and oxygen atoms in total. The average molecular weight is 293 g/mol. The molecule has 1 amide bonds. The predicted molar refractivity (Wildman–Crippen MR) is 71.5 cm³/mol. The standard InChI is InChI=1S/C12H23NO5S/c1-11(2,3)12(4)8-9(18-19(5,16)17)6-7-13(12)10(14)15/h9H,6-8H2,1-5H3,(H,14,15).